The molecule has 22 heavy (non-hydrogen) atoms. The van der Waals surface area contributed by atoms with Crippen LogP contribution in [0.4, 0.5) is 13.2 Å². The van der Waals surface area contributed by atoms with Crippen molar-refractivity contribution >= 4 is 12.0 Å². The van der Waals surface area contributed by atoms with Gasteiger partial charge in [0.05, 0.1) is 5.71 Å². The Morgan fingerprint density at radius 1 is 1.00 bits per heavy atom. The van der Waals surface area contributed by atoms with E-state index >= 15 is 0 Å². The number of nitrogens with two attached hydrogens (primary N) is 1. The van der Waals surface area contributed by atoms with E-state index in [0.717, 1.165) is 0 Å². The number of ether oxygens (including phenoxy) is 1. The number of rotatable bonds is 4. The lowest BCUT2D eigenvalue weighted by atomic mass is 10.0. The summed E-state index contributed by atoms with van der Waals surface area (Å²) in [6.45, 7) is 0. The third kappa shape index (κ3) is 3.85. The Morgan fingerprint density at radius 2 is 1.50 bits per heavy atom. The lowest BCUT2D eigenvalue weighted by molar-refractivity contribution is -0.274. The molecule has 0 fully saturated rings. The highest BCUT2D eigenvalue weighted by Gasteiger charge is 2.31. The number of hydrogen-bond donors (Lipinski definition) is 1. The number of aldehydes is 1. The number of hydrogen-bond acceptors (Lipinski definition) is 4. The molecule has 0 unspecified atom stereocenters. The number of carbonyl (C=O) groups is 1. The van der Waals surface area contributed by atoms with Crippen LogP contribution in [0.1, 0.15) is 21.5 Å². The van der Waals surface area contributed by atoms with Gasteiger partial charge in [-0.3, -0.25) is 4.79 Å². The van der Waals surface area contributed by atoms with Crippen LogP contribution in [-0.4, -0.2) is 18.4 Å². The van der Waals surface area contributed by atoms with Crippen molar-refractivity contribution in [3.05, 3.63) is 65.2 Å². The summed E-state index contributed by atoms with van der Waals surface area (Å²) in [5.41, 5.74) is 2.04. The minimum absolute atomic E-state index is 0.330. The standard InChI is InChI=1S/C15H11F3N2O2/c16-15(17,18)22-13-7-5-12(6-8-13)14(20-19)11-3-1-10(9-21)2-4-11/h1-9H,19H2. The molecule has 0 radical (unpaired) electrons. The van der Waals surface area contributed by atoms with Crippen LogP contribution < -0.4 is 10.6 Å². The monoisotopic (exact) mass is 308 g/mol. The molecule has 4 nitrogen and oxygen atoms in total. The molecule has 114 valence electrons. The number of nitrogens with zero attached hydrogens (tertiary/aromatic N) is 1. The lowest BCUT2D eigenvalue weighted by Crippen LogP contribution is -2.17. The first-order valence-electron chi connectivity index (χ1n) is 6.12. The molecule has 0 heterocycles. The van der Waals surface area contributed by atoms with E-state index in [1.165, 1.54) is 24.3 Å². The van der Waals surface area contributed by atoms with Crippen LogP contribution in [-0.2, 0) is 0 Å². The Morgan fingerprint density at radius 3 is 1.91 bits per heavy atom. The van der Waals surface area contributed by atoms with Gasteiger partial charge in [0.15, 0.2) is 0 Å². The van der Waals surface area contributed by atoms with Crippen LogP contribution in [0.15, 0.2) is 53.6 Å². The summed E-state index contributed by atoms with van der Waals surface area (Å²) in [5.74, 6) is 5.02. The smallest absolute Gasteiger partial charge is 0.406 e. The zero-order chi connectivity index (χ0) is 16.2. The molecular formula is C15H11F3N2O2. The molecule has 0 atom stereocenters. The Balaban J connectivity index is 2.26. The largest absolute Gasteiger partial charge is 0.573 e. The molecule has 0 aliphatic carbocycles. The fraction of sp³-hybridized carbons (Fsp3) is 0.0667. The second kappa shape index (κ2) is 6.30. The second-order valence-electron chi connectivity index (χ2n) is 4.29. The van der Waals surface area contributed by atoms with Crippen LogP contribution >= 0.6 is 0 Å². The number of carbonyl (C=O) groups excluding carboxylic acids is 1. The van der Waals surface area contributed by atoms with Crippen molar-refractivity contribution in [2.75, 3.05) is 0 Å². The van der Waals surface area contributed by atoms with Crippen LogP contribution in [0.3, 0.4) is 0 Å². The van der Waals surface area contributed by atoms with Crippen molar-refractivity contribution in [3.8, 4) is 5.75 Å². The molecule has 0 spiro atoms. The van der Waals surface area contributed by atoms with Gasteiger partial charge < -0.3 is 10.6 Å². The SMILES string of the molecule is NN=C(c1ccc(C=O)cc1)c1ccc(OC(F)(F)F)cc1. The van der Waals surface area contributed by atoms with Gasteiger partial charge in [-0.05, 0) is 24.3 Å². The van der Waals surface area contributed by atoms with E-state index < -0.39 is 6.36 Å². The topological polar surface area (TPSA) is 64.7 Å². The van der Waals surface area contributed by atoms with Crippen LogP contribution in [0.25, 0.3) is 0 Å². The summed E-state index contributed by atoms with van der Waals surface area (Å²) in [6, 6.07) is 11.7. The third-order valence-corrected chi connectivity index (χ3v) is 2.81. The first-order chi connectivity index (χ1) is 10.4. The van der Waals surface area contributed by atoms with Crippen molar-refractivity contribution in [1.29, 1.82) is 0 Å². The summed E-state index contributed by atoms with van der Waals surface area (Å²) in [4.78, 5) is 10.6. The quantitative estimate of drug-likeness (QED) is 0.408. The molecule has 0 saturated heterocycles. The number of hydrazone groups is 1. The van der Waals surface area contributed by atoms with E-state index in [-0.39, 0.29) is 5.75 Å². The molecule has 2 N–H and O–H groups in total. The van der Waals surface area contributed by atoms with Gasteiger partial charge in [0.25, 0.3) is 0 Å². The molecule has 0 saturated carbocycles. The summed E-state index contributed by atoms with van der Waals surface area (Å²) < 4.78 is 40.1. The van der Waals surface area contributed by atoms with E-state index in [9.17, 15) is 18.0 Å². The van der Waals surface area contributed by atoms with Crippen molar-refractivity contribution in [1.82, 2.24) is 0 Å². The van der Waals surface area contributed by atoms with Gasteiger partial charge >= 0.3 is 6.36 Å². The van der Waals surface area contributed by atoms with E-state index in [1.807, 2.05) is 0 Å². The van der Waals surface area contributed by atoms with Gasteiger partial charge in [0.1, 0.15) is 12.0 Å². The minimum Gasteiger partial charge on any atom is -0.406 e. The van der Waals surface area contributed by atoms with Gasteiger partial charge in [-0.1, -0.05) is 24.3 Å². The molecule has 2 aromatic carbocycles. The maximum absolute atomic E-state index is 12.1. The van der Waals surface area contributed by atoms with E-state index in [2.05, 4.69) is 9.84 Å². The highest BCUT2D eigenvalue weighted by molar-refractivity contribution is 6.12. The first-order valence-corrected chi connectivity index (χ1v) is 6.12. The normalized spacial score (nSPS) is 12.0. The van der Waals surface area contributed by atoms with Gasteiger partial charge in [-0.25, -0.2) is 0 Å². The molecule has 0 aliphatic rings. The van der Waals surface area contributed by atoms with E-state index in [1.54, 1.807) is 24.3 Å². The fourth-order valence-electron chi connectivity index (χ4n) is 1.85. The van der Waals surface area contributed by atoms with Crippen molar-refractivity contribution in [2.45, 2.75) is 6.36 Å². The van der Waals surface area contributed by atoms with Gasteiger partial charge in [0.2, 0.25) is 0 Å². The van der Waals surface area contributed by atoms with Crippen molar-refractivity contribution < 1.29 is 22.7 Å². The van der Waals surface area contributed by atoms with Crippen LogP contribution in [0.2, 0.25) is 0 Å². The summed E-state index contributed by atoms with van der Waals surface area (Å²) in [5, 5.41) is 3.65. The zero-order valence-electron chi connectivity index (χ0n) is 11.2. The molecule has 2 rings (SSSR count). The minimum atomic E-state index is -4.74. The maximum Gasteiger partial charge on any atom is 0.573 e. The Bertz CT molecular complexity index is 677. The van der Waals surface area contributed by atoms with Crippen LogP contribution in [0, 0.1) is 0 Å². The molecule has 0 amide bonds. The summed E-state index contributed by atoms with van der Waals surface area (Å²) in [7, 11) is 0. The van der Waals surface area contributed by atoms with Gasteiger partial charge in [0, 0.05) is 16.7 Å². The molecule has 7 heteroatoms. The van der Waals surface area contributed by atoms with Crippen LogP contribution in [0.5, 0.6) is 5.75 Å². The number of alkyl halides is 3. The zero-order valence-corrected chi connectivity index (χ0v) is 11.2. The molecule has 0 aliphatic heterocycles. The molecule has 0 bridgehead atoms. The Labute approximate surface area is 124 Å². The maximum atomic E-state index is 12.1. The average molecular weight is 308 g/mol. The molecule has 2 aromatic rings. The van der Waals surface area contributed by atoms with E-state index in [4.69, 9.17) is 5.84 Å². The van der Waals surface area contributed by atoms with E-state index in [0.29, 0.717) is 28.7 Å². The second-order valence-corrected chi connectivity index (χ2v) is 4.29. The lowest BCUT2D eigenvalue weighted by Gasteiger charge is -2.10. The highest BCUT2D eigenvalue weighted by Crippen LogP contribution is 2.23. The summed E-state index contributed by atoms with van der Waals surface area (Å²) >= 11 is 0. The van der Waals surface area contributed by atoms with Crippen molar-refractivity contribution in [2.24, 2.45) is 10.9 Å². The van der Waals surface area contributed by atoms with Gasteiger partial charge in [-0.15, -0.1) is 13.2 Å². The number of halogens is 3. The predicted octanol–water partition coefficient (Wildman–Crippen LogP) is 3.11. The predicted molar refractivity (Wildman–Crippen MR) is 74.8 cm³/mol. The average Bonchev–Trinajstić information content (AvgIpc) is 2.49. The number of benzene rings is 2. The Kier molecular flexibility index (Phi) is 4.45. The first kappa shape index (κ1) is 15.6. The van der Waals surface area contributed by atoms with Crippen molar-refractivity contribution in [3.63, 3.8) is 0 Å². The molecular weight excluding hydrogens is 297 g/mol. The Hall–Kier alpha value is -2.83. The fourth-order valence-corrected chi connectivity index (χ4v) is 1.85. The molecule has 0 aromatic heterocycles. The third-order valence-electron chi connectivity index (χ3n) is 2.81. The summed E-state index contributed by atoms with van der Waals surface area (Å²) in [6.07, 6.45) is -4.04. The van der Waals surface area contributed by atoms with Gasteiger partial charge in [-0.2, -0.15) is 5.10 Å². The highest BCUT2D eigenvalue weighted by atomic mass is 19.4.